The van der Waals surface area contributed by atoms with Crippen molar-refractivity contribution in [3.05, 3.63) is 118 Å². The molecule has 0 unspecified atom stereocenters. The van der Waals surface area contributed by atoms with Crippen LogP contribution in [0.15, 0.2) is 89.9 Å². The number of fused-ring (bicyclic) bond motifs is 2. The standard InChI is InChI=1S/C26H31BO4.C13H16BNO3.C11H13NO/c1-24(2)22-12-9-18(13-19(22)16-23(24)29)15-21(28)14-17-7-10-20(11-8-17)27-30-25(3,4)26(5,6)31-27;1-12(2)13(3,4)18-14(17-12)10-5-7-11(8-6-10)15-9-16;1-11(2)9-4-3-8(12)5-7(9)6-10(11)13/h7-13H,14-16H2,1-6H3;5-8H,1-4H3;3-5H,6,12H2,1-2H3. The molecule has 0 aromatic heterocycles. The van der Waals surface area contributed by atoms with Crippen LogP contribution in [-0.4, -0.2) is 60.1 Å². The number of nitrogen functional groups attached to an aromatic ring is 1. The van der Waals surface area contributed by atoms with E-state index in [1.807, 2.05) is 156 Å². The van der Waals surface area contributed by atoms with Crippen LogP contribution in [0.2, 0.25) is 0 Å². The summed E-state index contributed by atoms with van der Waals surface area (Å²) in [5.74, 6) is 0.688. The normalized spacial score (nSPS) is 20.3. The minimum Gasteiger partial charge on any atom is -0.399 e. The van der Waals surface area contributed by atoms with Crippen molar-refractivity contribution in [3.63, 3.8) is 0 Å². The number of nitrogens with zero attached hydrogens (tertiary/aromatic N) is 1. The number of isocyanates is 1. The highest BCUT2D eigenvalue weighted by Gasteiger charge is 2.52. The first-order valence-electron chi connectivity index (χ1n) is 21.3. The van der Waals surface area contributed by atoms with Gasteiger partial charge in [-0.3, -0.25) is 14.4 Å². The third-order valence-corrected chi connectivity index (χ3v) is 13.6. The second kappa shape index (κ2) is 17.0. The van der Waals surface area contributed by atoms with Gasteiger partial charge < -0.3 is 24.4 Å². The lowest BCUT2D eigenvalue weighted by atomic mass is 9.78. The number of hydrogen-bond donors (Lipinski definition) is 1. The van der Waals surface area contributed by atoms with Crippen LogP contribution >= 0.6 is 0 Å². The van der Waals surface area contributed by atoms with Crippen molar-refractivity contribution >= 4 is 60.0 Å². The third-order valence-electron chi connectivity index (χ3n) is 13.6. The summed E-state index contributed by atoms with van der Waals surface area (Å²) in [6.45, 7) is 24.1. The summed E-state index contributed by atoms with van der Waals surface area (Å²) in [7, 11) is -0.780. The lowest BCUT2D eigenvalue weighted by Crippen LogP contribution is -2.41. The van der Waals surface area contributed by atoms with Gasteiger partial charge in [0.2, 0.25) is 6.08 Å². The fourth-order valence-electron chi connectivity index (χ4n) is 8.00. The molecule has 10 nitrogen and oxygen atoms in total. The molecule has 62 heavy (non-hydrogen) atoms. The molecule has 4 aliphatic rings. The zero-order chi connectivity index (χ0) is 45.6. The zero-order valence-electron chi connectivity index (χ0n) is 38.4. The smallest absolute Gasteiger partial charge is 0.399 e. The van der Waals surface area contributed by atoms with Gasteiger partial charge in [-0.05, 0) is 152 Å². The van der Waals surface area contributed by atoms with Gasteiger partial charge in [-0.25, -0.2) is 4.79 Å². The Morgan fingerprint density at radius 2 is 0.968 bits per heavy atom. The number of anilines is 1. The number of Topliss-reactive ketones (excluding diaryl/α,β-unsaturated/α-hetero) is 3. The highest BCUT2D eigenvalue weighted by Crippen LogP contribution is 2.39. The van der Waals surface area contributed by atoms with Gasteiger partial charge in [0.15, 0.2) is 0 Å². The van der Waals surface area contributed by atoms with Gasteiger partial charge >= 0.3 is 14.2 Å². The van der Waals surface area contributed by atoms with E-state index in [2.05, 4.69) is 4.99 Å². The molecule has 0 amide bonds. The molecule has 2 aliphatic carbocycles. The van der Waals surface area contributed by atoms with Crippen molar-refractivity contribution in [2.75, 3.05) is 5.73 Å². The van der Waals surface area contributed by atoms with Crippen LogP contribution in [0.5, 0.6) is 0 Å². The minimum atomic E-state index is -0.420. The van der Waals surface area contributed by atoms with Crippen LogP contribution < -0.4 is 16.7 Å². The lowest BCUT2D eigenvalue weighted by Gasteiger charge is -2.32. The van der Waals surface area contributed by atoms with E-state index in [0.717, 1.165) is 50.0 Å². The van der Waals surface area contributed by atoms with Crippen LogP contribution in [0.25, 0.3) is 0 Å². The number of nitrogens with two attached hydrogens (primary N) is 1. The molecule has 324 valence electrons. The third kappa shape index (κ3) is 9.51. The summed E-state index contributed by atoms with van der Waals surface area (Å²) in [6, 6.07) is 26.8. The van der Waals surface area contributed by atoms with Gasteiger partial charge in [-0.1, -0.05) is 60.7 Å². The predicted octanol–water partition coefficient (Wildman–Crippen LogP) is 7.37. The molecule has 2 heterocycles. The lowest BCUT2D eigenvalue weighted by molar-refractivity contribution is -0.122. The quantitative estimate of drug-likeness (QED) is 0.0874. The summed E-state index contributed by atoms with van der Waals surface area (Å²) >= 11 is 0. The second-order valence-electron chi connectivity index (χ2n) is 20.0. The molecule has 4 aromatic rings. The molecule has 4 aromatic carbocycles. The number of carbonyl (C=O) groups excluding carboxylic acids is 4. The first-order chi connectivity index (χ1) is 28.8. The van der Waals surface area contributed by atoms with Crippen molar-refractivity contribution in [2.45, 2.75) is 142 Å². The first-order valence-corrected chi connectivity index (χ1v) is 21.3. The SMILES string of the molecule is CC1(C)C(=O)Cc2cc(CC(=O)Cc3ccc(B4OC(C)(C)C(C)(C)O4)cc3)ccc21.CC1(C)C(=O)Cc2cc(N)ccc21.CC1(C)OB(c2ccc(N=C=O)cc2)OC1(C)C. The van der Waals surface area contributed by atoms with E-state index in [4.69, 9.17) is 24.4 Å². The van der Waals surface area contributed by atoms with Gasteiger partial charge in [0.25, 0.3) is 0 Å². The van der Waals surface area contributed by atoms with E-state index in [1.165, 1.54) is 6.08 Å². The Balaban J connectivity index is 0.000000174. The highest BCUT2D eigenvalue weighted by atomic mass is 16.7. The Labute approximate surface area is 367 Å². The van der Waals surface area contributed by atoms with E-state index in [0.29, 0.717) is 31.4 Å². The minimum absolute atomic E-state index is 0.159. The maximum atomic E-state index is 12.7. The topological polar surface area (TPSA) is 144 Å². The summed E-state index contributed by atoms with van der Waals surface area (Å²) in [5, 5.41) is 0. The Kier molecular flexibility index (Phi) is 12.7. The van der Waals surface area contributed by atoms with Crippen molar-refractivity contribution < 1.29 is 37.8 Å². The largest absolute Gasteiger partial charge is 0.494 e. The van der Waals surface area contributed by atoms with Crippen molar-refractivity contribution in [1.82, 2.24) is 0 Å². The zero-order valence-corrected chi connectivity index (χ0v) is 38.4. The maximum absolute atomic E-state index is 12.7. The number of rotatable bonds is 7. The number of hydrogen-bond acceptors (Lipinski definition) is 10. The molecule has 0 atom stereocenters. The Morgan fingerprint density at radius 1 is 0.581 bits per heavy atom. The average molecular weight is 839 g/mol. The molecule has 2 aliphatic heterocycles. The van der Waals surface area contributed by atoms with Crippen molar-refractivity contribution in [1.29, 1.82) is 0 Å². The Hall–Kier alpha value is -4.96. The summed E-state index contributed by atoms with van der Waals surface area (Å²) < 4.78 is 24.0. The molecule has 12 heteroatoms. The van der Waals surface area contributed by atoms with Crippen LogP contribution in [-0.2, 0) is 74.3 Å². The summed E-state index contributed by atoms with van der Waals surface area (Å²) in [6.07, 6.45) is 3.27. The van der Waals surface area contributed by atoms with Crippen molar-refractivity contribution in [2.24, 2.45) is 4.99 Å². The first kappa shape index (κ1) is 46.5. The van der Waals surface area contributed by atoms with E-state index in [-0.39, 0.29) is 52.3 Å². The van der Waals surface area contributed by atoms with Crippen LogP contribution in [0.1, 0.15) is 116 Å². The molecule has 0 radical (unpaired) electrons. The maximum Gasteiger partial charge on any atom is 0.494 e. The number of benzene rings is 4. The highest BCUT2D eigenvalue weighted by molar-refractivity contribution is 6.62. The monoisotopic (exact) mass is 838 g/mol. The molecule has 2 saturated heterocycles. The number of carbonyl (C=O) groups is 3. The molecule has 0 saturated carbocycles. The molecule has 2 N–H and O–H groups in total. The molecule has 2 fully saturated rings. The molecule has 8 rings (SSSR count). The van der Waals surface area contributed by atoms with Crippen molar-refractivity contribution in [3.8, 4) is 0 Å². The molecular weight excluding hydrogens is 778 g/mol. The molecular formula is C50H60B2N2O8. The fraction of sp³-hybridized carbons (Fsp3) is 0.440. The molecule has 0 bridgehead atoms. The van der Waals surface area contributed by atoms with Crippen LogP contribution in [0.4, 0.5) is 11.4 Å². The molecule has 0 spiro atoms. The summed E-state index contributed by atoms with van der Waals surface area (Å²) in [4.78, 5) is 50.2. The van der Waals surface area contributed by atoms with Gasteiger partial charge in [-0.2, -0.15) is 4.99 Å². The number of ketones is 3. The fourth-order valence-corrected chi connectivity index (χ4v) is 8.00. The van der Waals surface area contributed by atoms with Gasteiger partial charge in [0.05, 0.1) is 28.1 Å². The Morgan fingerprint density at radius 3 is 1.42 bits per heavy atom. The van der Waals surface area contributed by atoms with Crippen LogP contribution in [0, 0.1) is 0 Å². The van der Waals surface area contributed by atoms with E-state index >= 15 is 0 Å². The van der Waals surface area contributed by atoms with Gasteiger partial charge in [-0.15, -0.1) is 0 Å². The summed E-state index contributed by atoms with van der Waals surface area (Å²) in [5.41, 5.74) is 13.0. The second-order valence-corrected chi connectivity index (χ2v) is 20.0. The van der Waals surface area contributed by atoms with Gasteiger partial charge in [0, 0.05) is 42.2 Å². The Bertz CT molecular complexity index is 2380. The average Bonchev–Trinajstić information content (AvgIpc) is 3.73. The van der Waals surface area contributed by atoms with E-state index in [1.54, 1.807) is 12.1 Å². The number of aliphatic imine (C=N–C) groups is 1. The van der Waals surface area contributed by atoms with E-state index in [9.17, 15) is 19.2 Å². The predicted molar refractivity (Wildman–Crippen MR) is 245 cm³/mol. The van der Waals surface area contributed by atoms with E-state index < -0.39 is 12.5 Å². The van der Waals surface area contributed by atoms with Gasteiger partial charge in [0.1, 0.15) is 17.3 Å². The van der Waals surface area contributed by atoms with Crippen LogP contribution in [0.3, 0.4) is 0 Å².